The second kappa shape index (κ2) is 6.02. The maximum absolute atomic E-state index is 11.0. The van der Waals surface area contributed by atoms with Crippen molar-refractivity contribution in [3.63, 3.8) is 0 Å². The van der Waals surface area contributed by atoms with Crippen LogP contribution in [0.15, 0.2) is 30.3 Å². The number of hydrogen-bond acceptors (Lipinski definition) is 4. The molecule has 0 aliphatic carbocycles. The van der Waals surface area contributed by atoms with E-state index in [-0.39, 0.29) is 5.91 Å². The smallest absolute Gasteiger partial charge is 0.217 e. The van der Waals surface area contributed by atoms with Gasteiger partial charge in [0.15, 0.2) is 0 Å². The lowest BCUT2D eigenvalue weighted by Crippen LogP contribution is -2.35. The van der Waals surface area contributed by atoms with Crippen molar-refractivity contribution in [3.8, 4) is 6.07 Å². The molecule has 1 saturated heterocycles. The second-order valence-corrected chi connectivity index (χ2v) is 5.76. The molecule has 3 rings (SSSR count). The highest BCUT2D eigenvalue weighted by molar-refractivity contribution is 5.92. The van der Waals surface area contributed by atoms with Crippen molar-refractivity contribution in [2.24, 2.45) is 11.7 Å². The minimum Gasteiger partial charge on any atom is -0.371 e. The lowest BCUT2D eigenvalue weighted by Gasteiger charge is -2.34. The number of pyridine rings is 1. The van der Waals surface area contributed by atoms with Crippen LogP contribution in [0.1, 0.15) is 25.0 Å². The predicted molar refractivity (Wildman–Crippen MR) is 85.2 cm³/mol. The molecule has 1 fully saturated rings. The zero-order chi connectivity index (χ0) is 15.5. The summed E-state index contributed by atoms with van der Waals surface area (Å²) in [5.74, 6) is 0.150. The molecule has 5 nitrogen and oxygen atoms in total. The number of amides is 1. The maximum atomic E-state index is 11.0. The summed E-state index contributed by atoms with van der Waals surface area (Å²) in [7, 11) is 0. The van der Waals surface area contributed by atoms with Gasteiger partial charge in [0.05, 0.1) is 5.52 Å². The molecular weight excluding hydrogens is 276 g/mol. The number of primary amides is 1. The van der Waals surface area contributed by atoms with Gasteiger partial charge in [0, 0.05) is 30.6 Å². The summed E-state index contributed by atoms with van der Waals surface area (Å²) in [6.45, 7) is 1.74. The Morgan fingerprint density at radius 3 is 2.77 bits per heavy atom. The van der Waals surface area contributed by atoms with E-state index in [0.29, 0.717) is 18.0 Å². The summed E-state index contributed by atoms with van der Waals surface area (Å²) in [5, 5.41) is 10.2. The number of piperidine rings is 1. The van der Waals surface area contributed by atoms with Gasteiger partial charge in [0.2, 0.25) is 5.91 Å². The van der Waals surface area contributed by atoms with Gasteiger partial charge >= 0.3 is 0 Å². The maximum Gasteiger partial charge on any atom is 0.217 e. The number of hydrogen-bond donors (Lipinski definition) is 1. The van der Waals surface area contributed by atoms with Gasteiger partial charge < -0.3 is 10.6 Å². The molecule has 0 radical (unpaired) electrons. The summed E-state index contributed by atoms with van der Waals surface area (Å²) < 4.78 is 0. The topological polar surface area (TPSA) is 83.0 Å². The fourth-order valence-electron chi connectivity index (χ4n) is 3.14. The average molecular weight is 294 g/mol. The Morgan fingerprint density at radius 1 is 1.36 bits per heavy atom. The molecule has 0 bridgehead atoms. The minimum atomic E-state index is -0.223. The van der Waals surface area contributed by atoms with E-state index in [9.17, 15) is 10.1 Å². The number of nitriles is 1. The first-order valence-electron chi connectivity index (χ1n) is 7.50. The molecule has 22 heavy (non-hydrogen) atoms. The fraction of sp³-hybridized carbons (Fsp3) is 0.353. The minimum absolute atomic E-state index is 0.223. The molecular formula is C17H18N4O. The van der Waals surface area contributed by atoms with Crippen LogP contribution in [-0.4, -0.2) is 24.0 Å². The molecule has 0 spiro atoms. The van der Waals surface area contributed by atoms with Gasteiger partial charge in [0.25, 0.3) is 0 Å². The van der Waals surface area contributed by atoms with Gasteiger partial charge in [-0.25, -0.2) is 4.98 Å². The van der Waals surface area contributed by atoms with Crippen LogP contribution in [0, 0.1) is 17.2 Å². The van der Waals surface area contributed by atoms with Crippen LogP contribution in [0.2, 0.25) is 0 Å². The third-order valence-corrected chi connectivity index (χ3v) is 4.25. The molecule has 2 N–H and O–H groups in total. The van der Waals surface area contributed by atoms with Crippen LogP contribution < -0.4 is 10.6 Å². The van der Waals surface area contributed by atoms with Crippen molar-refractivity contribution < 1.29 is 4.79 Å². The van der Waals surface area contributed by atoms with E-state index < -0.39 is 0 Å². The molecule has 5 heteroatoms. The lowest BCUT2D eigenvalue weighted by molar-refractivity contribution is -0.119. The molecule has 1 aromatic heterocycles. The summed E-state index contributed by atoms with van der Waals surface area (Å²) in [5.41, 5.74) is 7.62. The Labute approximate surface area is 129 Å². The molecule has 2 heterocycles. The molecule has 1 amide bonds. The monoisotopic (exact) mass is 294 g/mol. The van der Waals surface area contributed by atoms with Crippen LogP contribution in [-0.2, 0) is 4.79 Å². The first kappa shape index (κ1) is 14.3. The Morgan fingerprint density at radius 2 is 2.09 bits per heavy atom. The number of fused-ring (bicyclic) bond motifs is 1. The summed E-state index contributed by atoms with van der Waals surface area (Å²) in [6, 6.07) is 11.9. The number of nitrogens with zero attached hydrogens (tertiary/aromatic N) is 3. The lowest BCUT2D eigenvalue weighted by atomic mass is 9.93. The molecule has 0 saturated carbocycles. The number of anilines is 1. The highest BCUT2D eigenvalue weighted by Crippen LogP contribution is 2.31. The van der Waals surface area contributed by atoms with Gasteiger partial charge in [-0.1, -0.05) is 18.2 Å². The summed E-state index contributed by atoms with van der Waals surface area (Å²) >= 11 is 0. The van der Waals surface area contributed by atoms with Gasteiger partial charge in [-0.05, 0) is 30.9 Å². The molecule has 0 atom stereocenters. The van der Waals surface area contributed by atoms with Crippen LogP contribution in [0.5, 0.6) is 0 Å². The normalized spacial score (nSPS) is 15.7. The van der Waals surface area contributed by atoms with Crippen molar-refractivity contribution in [1.29, 1.82) is 5.26 Å². The SMILES string of the molecule is N#Cc1cc(N2CCC(CC(N)=O)CC2)c2ccccc2n1. The van der Waals surface area contributed by atoms with Crippen molar-refractivity contribution in [2.75, 3.05) is 18.0 Å². The van der Waals surface area contributed by atoms with Crippen LogP contribution in [0.3, 0.4) is 0 Å². The molecule has 1 aliphatic rings. The van der Waals surface area contributed by atoms with Gasteiger partial charge in [-0.3, -0.25) is 4.79 Å². The van der Waals surface area contributed by atoms with Crippen molar-refractivity contribution in [3.05, 3.63) is 36.0 Å². The highest BCUT2D eigenvalue weighted by Gasteiger charge is 2.22. The van der Waals surface area contributed by atoms with Crippen LogP contribution >= 0.6 is 0 Å². The Kier molecular flexibility index (Phi) is 3.92. The molecule has 1 aromatic carbocycles. The first-order valence-corrected chi connectivity index (χ1v) is 7.50. The van der Waals surface area contributed by atoms with E-state index in [1.807, 2.05) is 30.3 Å². The average Bonchev–Trinajstić information content (AvgIpc) is 2.54. The third kappa shape index (κ3) is 2.86. The quantitative estimate of drug-likeness (QED) is 0.940. The van der Waals surface area contributed by atoms with Crippen molar-refractivity contribution >= 4 is 22.5 Å². The van der Waals surface area contributed by atoms with E-state index in [0.717, 1.165) is 42.5 Å². The highest BCUT2D eigenvalue weighted by atomic mass is 16.1. The zero-order valence-electron chi connectivity index (χ0n) is 12.3. The first-order chi connectivity index (χ1) is 10.7. The second-order valence-electron chi connectivity index (χ2n) is 5.76. The Balaban J connectivity index is 1.88. The number of aromatic nitrogens is 1. The van der Waals surface area contributed by atoms with Crippen LogP contribution in [0.25, 0.3) is 10.9 Å². The zero-order valence-corrected chi connectivity index (χ0v) is 12.3. The Hall–Kier alpha value is -2.61. The molecule has 0 unspecified atom stereocenters. The van der Waals surface area contributed by atoms with Crippen molar-refractivity contribution in [1.82, 2.24) is 4.98 Å². The summed E-state index contributed by atoms with van der Waals surface area (Å²) in [4.78, 5) is 17.7. The Bertz CT molecular complexity index is 742. The largest absolute Gasteiger partial charge is 0.371 e. The van der Waals surface area contributed by atoms with Gasteiger partial charge in [-0.2, -0.15) is 5.26 Å². The molecule has 2 aromatic rings. The number of para-hydroxylation sites is 1. The van der Waals surface area contributed by atoms with Crippen LogP contribution in [0.4, 0.5) is 5.69 Å². The predicted octanol–water partition coefficient (Wildman–Crippen LogP) is 2.20. The standard InChI is InChI=1S/C17H18N4O/c18-11-13-10-16(14-3-1-2-4-15(14)20-13)21-7-5-12(6-8-21)9-17(19)22/h1-4,10,12H,5-9H2,(H2,19,22). The fourth-order valence-corrected chi connectivity index (χ4v) is 3.14. The number of rotatable bonds is 3. The number of benzene rings is 1. The van der Waals surface area contributed by atoms with Gasteiger partial charge in [-0.15, -0.1) is 0 Å². The summed E-state index contributed by atoms with van der Waals surface area (Å²) in [6.07, 6.45) is 2.36. The molecule has 1 aliphatic heterocycles. The van der Waals surface area contributed by atoms with Gasteiger partial charge in [0.1, 0.15) is 11.8 Å². The van der Waals surface area contributed by atoms with E-state index in [4.69, 9.17) is 5.73 Å². The number of nitrogens with two attached hydrogens (primary N) is 1. The number of carbonyl (C=O) groups excluding carboxylic acids is 1. The van der Waals surface area contributed by atoms with E-state index >= 15 is 0 Å². The van der Waals surface area contributed by atoms with E-state index in [1.165, 1.54) is 0 Å². The van der Waals surface area contributed by atoms with E-state index in [1.54, 1.807) is 0 Å². The third-order valence-electron chi connectivity index (χ3n) is 4.25. The number of carbonyl (C=O) groups is 1. The van der Waals surface area contributed by atoms with E-state index in [2.05, 4.69) is 16.0 Å². The van der Waals surface area contributed by atoms with Crippen molar-refractivity contribution in [2.45, 2.75) is 19.3 Å². The molecule has 112 valence electrons.